The van der Waals surface area contributed by atoms with Gasteiger partial charge in [0.2, 0.25) is 5.95 Å². The molecular formula is C20H22N8O2. The molecule has 4 heterocycles. The summed E-state index contributed by atoms with van der Waals surface area (Å²) in [6.45, 7) is 1.45. The Morgan fingerprint density at radius 1 is 1.23 bits per heavy atom. The third-order valence-corrected chi connectivity index (χ3v) is 5.56. The van der Waals surface area contributed by atoms with Crippen molar-refractivity contribution >= 4 is 28.0 Å². The number of aromatic nitrogens is 6. The molecule has 0 unspecified atom stereocenters. The molecule has 1 aliphatic heterocycles. The molecule has 4 aromatic rings. The summed E-state index contributed by atoms with van der Waals surface area (Å²) in [7, 11) is 1.61. The van der Waals surface area contributed by atoms with E-state index in [1.165, 1.54) is 4.57 Å². The molecule has 1 aliphatic rings. The summed E-state index contributed by atoms with van der Waals surface area (Å²) in [5.74, 6) is 0.959. The number of aryl methyl sites for hydroxylation is 1. The minimum absolute atomic E-state index is 0.0186. The third-order valence-electron chi connectivity index (χ3n) is 5.56. The fourth-order valence-electron chi connectivity index (χ4n) is 3.96. The molecule has 154 valence electrons. The minimum Gasteiger partial charge on any atom is -0.341 e. The second kappa shape index (κ2) is 7.06. The van der Waals surface area contributed by atoms with Gasteiger partial charge in [0.15, 0.2) is 11.2 Å². The van der Waals surface area contributed by atoms with Crippen molar-refractivity contribution in [1.82, 2.24) is 29.1 Å². The van der Waals surface area contributed by atoms with Crippen molar-refractivity contribution < 1.29 is 0 Å². The average molecular weight is 406 g/mol. The molecule has 30 heavy (non-hydrogen) atoms. The Morgan fingerprint density at radius 2 is 2.07 bits per heavy atom. The molecule has 0 spiro atoms. The maximum Gasteiger partial charge on any atom is 0.332 e. The number of para-hydroxylation sites is 1. The first-order chi connectivity index (χ1) is 14.5. The van der Waals surface area contributed by atoms with Crippen molar-refractivity contribution in [3.63, 3.8) is 0 Å². The highest BCUT2D eigenvalue weighted by atomic mass is 16.2. The smallest absolute Gasteiger partial charge is 0.332 e. The van der Waals surface area contributed by atoms with Gasteiger partial charge in [0.1, 0.15) is 5.82 Å². The second-order valence-corrected chi connectivity index (χ2v) is 7.69. The van der Waals surface area contributed by atoms with Gasteiger partial charge < -0.3 is 15.6 Å². The normalized spacial score (nSPS) is 17.1. The van der Waals surface area contributed by atoms with Crippen molar-refractivity contribution in [2.45, 2.75) is 25.4 Å². The molecule has 5 rings (SSSR count). The number of anilines is 1. The van der Waals surface area contributed by atoms with Gasteiger partial charge in [-0.05, 0) is 18.9 Å². The van der Waals surface area contributed by atoms with Crippen molar-refractivity contribution in [3.8, 4) is 0 Å². The standard InChI is InChI=1S/C20H22N8O2/c1-26-17-16(24-19(25-17)27-8-4-6-13(21)10-27)18(29)28(20(26)30)11-15-22-9-12-5-2-3-7-14(12)23-15/h2-3,5,7,9,13H,4,6,8,10-11,21H2,1H3,(H,24,25)/t13-/m1/s1. The number of imidazole rings is 1. The lowest BCUT2D eigenvalue weighted by Crippen LogP contribution is -2.43. The zero-order valence-corrected chi connectivity index (χ0v) is 16.6. The van der Waals surface area contributed by atoms with Crippen LogP contribution in [-0.2, 0) is 13.6 Å². The fraction of sp³-hybridized carbons (Fsp3) is 0.350. The fourth-order valence-corrected chi connectivity index (χ4v) is 3.96. The highest BCUT2D eigenvalue weighted by molar-refractivity contribution is 5.77. The zero-order chi connectivity index (χ0) is 20.8. The van der Waals surface area contributed by atoms with Crippen LogP contribution in [0.2, 0.25) is 0 Å². The number of rotatable bonds is 3. The molecule has 1 saturated heterocycles. The van der Waals surface area contributed by atoms with E-state index in [1.54, 1.807) is 13.2 Å². The summed E-state index contributed by atoms with van der Waals surface area (Å²) in [5.41, 5.74) is 6.55. The van der Waals surface area contributed by atoms with Gasteiger partial charge in [0, 0.05) is 37.8 Å². The maximum absolute atomic E-state index is 13.1. The van der Waals surface area contributed by atoms with Crippen molar-refractivity contribution in [2.75, 3.05) is 18.0 Å². The van der Waals surface area contributed by atoms with Crippen molar-refractivity contribution in [2.24, 2.45) is 12.8 Å². The van der Waals surface area contributed by atoms with E-state index in [1.807, 2.05) is 29.2 Å². The van der Waals surface area contributed by atoms with Crippen LogP contribution in [0.25, 0.3) is 22.1 Å². The van der Waals surface area contributed by atoms with E-state index in [4.69, 9.17) is 5.73 Å². The first-order valence-corrected chi connectivity index (χ1v) is 9.92. The Hall–Kier alpha value is -3.53. The van der Waals surface area contributed by atoms with Crippen LogP contribution >= 0.6 is 0 Å². The lowest BCUT2D eigenvalue weighted by atomic mass is 10.1. The van der Waals surface area contributed by atoms with Gasteiger partial charge in [-0.3, -0.25) is 13.9 Å². The largest absolute Gasteiger partial charge is 0.341 e. The number of nitrogens with two attached hydrogens (primary N) is 1. The van der Waals surface area contributed by atoms with E-state index >= 15 is 0 Å². The molecule has 3 aromatic heterocycles. The first-order valence-electron chi connectivity index (χ1n) is 9.92. The summed E-state index contributed by atoms with van der Waals surface area (Å²) in [5, 5.41) is 0.898. The second-order valence-electron chi connectivity index (χ2n) is 7.69. The Kier molecular flexibility index (Phi) is 4.35. The zero-order valence-electron chi connectivity index (χ0n) is 16.6. The Morgan fingerprint density at radius 3 is 2.90 bits per heavy atom. The Bertz CT molecular complexity index is 1370. The number of nitrogens with one attached hydrogen (secondary N) is 1. The summed E-state index contributed by atoms with van der Waals surface area (Å²) in [6.07, 6.45) is 3.62. The van der Waals surface area contributed by atoms with Crippen LogP contribution in [0.3, 0.4) is 0 Å². The van der Waals surface area contributed by atoms with E-state index in [2.05, 4.69) is 19.9 Å². The number of hydrogen-bond donors (Lipinski definition) is 2. The van der Waals surface area contributed by atoms with Gasteiger partial charge in [-0.1, -0.05) is 18.2 Å². The molecule has 0 bridgehead atoms. The third kappa shape index (κ3) is 3.05. The monoisotopic (exact) mass is 406 g/mol. The topological polar surface area (TPSA) is 128 Å². The lowest BCUT2D eigenvalue weighted by Gasteiger charge is -2.30. The van der Waals surface area contributed by atoms with Gasteiger partial charge >= 0.3 is 5.69 Å². The van der Waals surface area contributed by atoms with E-state index in [-0.39, 0.29) is 18.1 Å². The highest BCUT2D eigenvalue weighted by Crippen LogP contribution is 2.18. The summed E-state index contributed by atoms with van der Waals surface area (Å²) in [4.78, 5) is 44.4. The van der Waals surface area contributed by atoms with Crippen LogP contribution in [0.1, 0.15) is 18.7 Å². The summed E-state index contributed by atoms with van der Waals surface area (Å²) in [6, 6.07) is 7.64. The van der Waals surface area contributed by atoms with Gasteiger partial charge in [-0.25, -0.2) is 14.8 Å². The quantitative estimate of drug-likeness (QED) is 0.502. The van der Waals surface area contributed by atoms with E-state index in [9.17, 15) is 9.59 Å². The molecule has 1 atom stereocenters. The predicted molar refractivity (Wildman–Crippen MR) is 114 cm³/mol. The average Bonchev–Trinajstić information content (AvgIpc) is 3.21. The minimum atomic E-state index is -0.461. The number of aromatic amines is 1. The molecule has 3 N–H and O–H groups in total. The van der Waals surface area contributed by atoms with Gasteiger partial charge in [0.25, 0.3) is 5.56 Å². The van der Waals surface area contributed by atoms with E-state index in [0.717, 1.165) is 34.9 Å². The molecular weight excluding hydrogens is 384 g/mol. The van der Waals surface area contributed by atoms with Crippen molar-refractivity contribution in [1.29, 1.82) is 0 Å². The van der Waals surface area contributed by atoms with Crippen LogP contribution in [0, 0.1) is 0 Å². The molecule has 10 nitrogen and oxygen atoms in total. The van der Waals surface area contributed by atoms with Gasteiger partial charge in [-0.15, -0.1) is 0 Å². The summed E-state index contributed by atoms with van der Waals surface area (Å²) >= 11 is 0. The molecule has 0 saturated carbocycles. The number of fused-ring (bicyclic) bond motifs is 2. The number of piperidine rings is 1. The SMILES string of the molecule is Cn1c(=O)n(Cc2ncc3ccccc3n2)c(=O)c2[nH]c(N3CCC[C@@H](N)C3)nc21. The highest BCUT2D eigenvalue weighted by Gasteiger charge is 2.22. The van der Waals surface area contributed by atoms with Crippen LogP contribution < -0.4 is 21.9 Å². The van der Waals surface area contributed by atoms with Crippen molar-refractivity contribution in [3.05, 3.63) is 57.1 Å². The molecule has 1 fully saturated rings. The molecule has 1 aromatic carbocycles. The number of H-pyrrole nitrogens is 1. The predicted octanol–water partition coefficient (Wildman–Crippen LogP) is 0.342. The molecule has 0 amide bonds. The van der Waals surface area contributed by atoms with Crippen LogP contribution in [0.5, 0.6) is 0 Å². The molecule has 10 heteroatoms. The Labute approximate surface area is 171 Å². The Balaban J connectivity index is 1.58. The summed E-state index contributed by atoms with van der Waals surface area (Å²) < 4.78 is 2.51. The van der Waals surface area contributed by atoms with Gasteiger partial charge in [0.05, 0.1) is 12.1 Å². The van der Waals surface area contributed by atoms with E-state index < -0.39 is 11.2 Å². The lowest BCUT2D eigenvalue weighted by molar-refractivity contribution is 0.501. The van der Waals surface area contributed by atoms with Crippen LogP contribution in [0.15, 0.2) is 40.1 Å². The van der Waals surface area contributed by atoms with Gasteiger partial charge in [-0.2, -0.15) is 4.98 Å². The number of hydrogen-bond acceptors (Lipinski definition) is 7. The van der Waals surface area contributed by atoms with Crippen LogP contribution in [-0.4, -0.2) is 48.2 Å². The number of nitrogens with zero attached hydrogens (tertiary/aromatic N) is 6. The molecule has 0 aliphatic carbocycles. The van der Waals surface area contributed by atoms with E-state index in [0.29, 0.717) is 24.0 Å². The first kappa shape index (κ1) is 18.5. The number of benzene rings is 1. The van der Waals surface area contributed by atoms with Crippen LogP contribution in [0.4, 0.5) is 5.95 Å². The molecule has 0 radical (unpaired) electrons. The maximum atomic E-state index is 13.1.